The van der Waals surface area contributed by atoms with Crippen molar-refractivity contribution < 1.29 is 0 Å². The molecule has 3 nitrogen and oxygen atoms in total. The summed E-state index contributed by atoms with van der Waals surface area (Å²) in [5.41, 5.74) is 0. The van der Waals surface area contributed by atoms with E-state index >= 15 is 0 Å². The van der Waals surface area contributed by atoms with E-state index in [4.69, 9.17) is 5.84 Å². The summed E-state index contributed by atoms with van der Waals surface area (Å²) < 4.78 is 0. The van der Waals surface area contributed by atoms with Gasteiger partial charge < -0.3 is 5.32 Å². The molecule has 0 saturated carbocycles. The third-order valence-corrected chi connectivity index (χ3v) is 2.63. The number of nitrogens with two attached hydrogens (primary N) is 1. The van der Waals surface area contributed by atoms with Crippen molar-refractivity contribution in [1.82, 2.24) is 10.3 Å². The number of hydrogen-bond donors (Lipinski definition) is 2. The molecule has 2 heterocycles. The summed E-state index contributed by atoms with van der Waals surface area (Å²) in [6, 6.07) is 0.693. The van der Waals surface area contributed by atoms with Gasteiger partial charge in [-0.1, -0.05) is 0 Å². The molecule has 3 heteroatoms. The second-order valence-electron chi connectivity index (χ2n) is 3.42. The van der Waals surface area contributed by atoms with Crippen LogP contribution in [0, 0.1) is 5.92 Å². The van der Waals surface area contributed by atoms with Gasteiger partial charge in [0.2, 0.25) is 0 Å². The van der Waals surface area contributed by atoms with Crippen LogP contribution in [0.25, 0.3) is 0 Å². The van der Waals surface area contributed by atoms with Crippen LogP contribution in [0.5, 0.6) is 0 Å². The molecule has 0 amide bonds. The number of hydrazine groups is 1. The Morgan fingerprint density at radius 2 is 2.30 bits per heavy atom. The van der Waals surface area contributed by atoms with Crippen molar-refractivity contribution in [2.45, 2.75) is 18.9 Å². The van der Waals surface area contributed by atoms with Crippen molar-refractivity contribution in [2.75, 3.05) is 19.6 Å². The Morgan fingerprint density at radius 1 is 1.40 bits per heavy atom. The Labute approximate surface area is 61.5 Å². The Bertz CT molecular complexity index is 112. The van der Waals surface area contributed by atoms with E-state index in [-0.39, 0.29) is 0 Å². The van der Waals surface area contributed by atoms with Crippen molar-refractivity contribution >= 4 is 0 Å². The lowest BCUT2D eigenvalue weighted by Crippen LogP contribution is -2.41. The highest BCUT2D eigenvalue weighted by Crippen LogP contribution is 2.22. The van der Waals surface area contributed by atoms with Crippen LogP contribution in [-0.2, 0) is 0 Å². The molecular weight excluding hydrogens is 126 g/mol. The van der Waals surface area contributed by atoms with Gasteiger partial charge in [-0.05, 0) is 25.3 Å². The fourth-order valence-corrected chi connectivity index (χ4v) is 2.08. The predicted octanol–water partition coefficient (Wildman–Crippen LogP) is -0.456. The molecule has 2 fully saturated rings. The molecule has 2 atom stereocenters. The van der Waals surface area contributed by atoms with Crippen LogP contribution in [0.15, 0.2) is 0 Å². The zero-order valence-electron chi connectivity index (χ0n) is 6.21. The third-order valence-electron chi connectivity index (χ3n) is 2.63. The molecule has 0 bridgehead atoms. The van der Waals surface area contributed by atoms with E-state index in [0.717, 1.165) is 19.0 Å². The minimum absolute atomic E-state index is 0.693. The van der Waals surface area contributed by atoms with E-state index < -0.39 is 0 Å². The summed E-state index contributed by atoms with van der Waals surface area (Å²) in [5.74, 6) is 6.52. The lowest BCUT2D eigenvalue weighted by atomic mass is 9.94. The zero-order chi connectivity index (χ0) is 6.97. The zero-order valence-corrected chi connectivity index (χ0v) is 6.21. The Hall–Kier alpha value is -0.120. The largest absolute Gasteiger partial charge is 0.312 e. The number of nitrogens with zero attached hydrogens (tertiary/aromatic N) is 1. The first-order valence-corrected chi connectivity index (χ1v) is 4.09. The first-order valence-electron chi connectivity index (χ1n) is 4.09. The van der Waals surface area contributed by atoms with Gasteiger partial charge in [-0.25, -0.2) is 5.01 Å². The van der Waals surface area contributed by atoms with Gasteiger partial charge >= 0.3 is 0 Å². The molecule has 0 aromatic heterocycles. The van der Waals surface area contributed by atoms with Crippen molar-refractivity contribution in [3.63, 3.8) is 0 Å². The second-order valence-corrected chi connectivity index (χ2v) is 3.42. The maximum Gasteiger partial charge on any atom is 0.0286 e. The van der Waals surface area contributed by atoms with Crippen LogP contribution < -0.4 is 11.2 Å². The summed E-state index contributed by atoms with van der Waals surface area (Å²) in [6.07, 6.45) is 2.69. The fourth-order valence-electron chi connectivity index (χ4n) is 2.08. The van der Waals surface area contributed by atoms with Crippen LogP contribution in [-0.4, -0.2) is 30.7 Å². The molecule has 0 unspecified atom stereocenters. The van der Waals surface area contributed by atoms with Crippen LogP contribution in [0.1, 0.15) is 12.8 Å². The van der Waals surface area contributed by atoms with Gasteiger partial charge in [0.05, 0.1) is 0 Å². The van der Waals surface area contributed by atoms with Crippen LogP contribution in [0.3, 0.4) is 0 Å². The first kappa shape index (κ1) is 6.58. The molecule has 0 radical (unpaired) electrons. The van der Waals surface area contributed by atoms with E-state index in [1.807, 2.05) is 5.01 Å². The Morgan fingerprint density at radius 3 is 3.10 bits per heavy atom. The SMILES string of the molecule is NN1C[C@@H]2CCCN[C@@H]2C1. The van der Waals surface area contributed by atoms with E-state index in [1.165, 1.54) is 19.4 Å². The van der Waals surface area contributed by atoms with E-state index in [1.54, 1.807) is 0 Å². The minimum atomic E-state index is 0.693. The molecule has 0 aromatic rings. The van der Waals surface area contributed by atoms with Gasteiger partial charge in [0.25, 0.3) is 0 Å². The molecule has 2 rings (SSSR count). The first-order chi connectivity index (χ1) is 4.86. The number of hydrogen-bond acceptors (Lipinski definition) is 3. The average molecular weight is 141 g/mol. The maximum absolute atomic E-state index is 5.69. The smallest absolute Gasteiger partial charge is 0.0286 e. The highest BCUT2D eigenvalue weighted by Gasteiger charge is 2.32. The van der Waals surface area contributed by atoms with Gasteiger partial charge in [-0.2, -0.15) is 0 Å². The molecule has 10 heavy (non-hydrogen) atoms. The lowest BCUT2D eigenvalue weighted by Gasteiger charge is -2.24. The molecule has 2 aliphatic rings. The predicted molar refractivity (Wildman–Crippen MR) is 40.3 cm³/mol. The lowest BCUT2D eigenvalue weighted by molar-refractivity contribution is 0.328. The van der Waals surface area contributed by atoms with E-state index in [2.05, 4.69) is 5.32 Å². The van der Waals surface area contributed by atoms with Gasteiger partial charge in [-0.15, -0.1) is 0 Å². The summed E-state index contributed by atoms with van der Waals surface area (Å²) in [6.45, 7) is 3.33. The van der Waals surface area contributed by atoms with Crippen LogP contribution in [0.2, 0.25) is 0 Å². The number of fused-ring (bicyclic) bond motifs is 1. The molecule has 2 aliphatic heterocycles. The summed E-state index contributed by atoms with van der Waals surface area (Å²) in [5, 5.41) is 5.43. The monoisotopic (exact) mass is 141 g/mol. The van der Waals surface area contributed by atoms with Gasteiger partial charge in [0.1, 0.15) is 0 Å². The van der Waals surface area contributed by atoms with E-state index in [0.29, 0.717) is 6.04 Å². The van der Waals surface area contributed by atoms with Crippen molar-refractivity contribution in [2.24, 2.45) is 11.8 Å². The van der Waals surface area contributed by atoms with E-state index in [9.17, 15) is 0 Å². The fraction of sp³-hybridized carbons (Fsp3) is 1.00. The number of piperidine rings is 1. The Balaban J connectivity index is 1.97. The van der Waals surface area contributed by atoms with Crippen LogP contribution in [0.4, 0.5) is 0 Å². The van der Waals surface area contributed by atoms with Gasteiger partial charge in [-0.3, -0.25) is 5.84 Å². The third kappa shape index (κ3) is 1.05. The number of nitrogens with one attached hydrogen (secondary N) is 1. The highest BCUT2D eigenvalue weighted by atomic mass is 15.4. The molecular formula is C7H15N3. The Kier molecular flexibility index (Phi) is 1.64. The van der Waals surface area contributed by atoms with Crippen molar-refractivity contribution in [1.29, 1.82) is 0 Å². The summed E-state index contributed by atoms with van der Waals surface area (Å²) in [4.78, 5) is 0. The normalized spacial score (nSPS) is 41.7. The van der Waals surface area contributed by atoms with Crippen molar-refractivity contribution in [3.05, 3.63) is 0 Å². The standard InChI is InChI=1S/C7H15N3/c8-10-4-6-2-1-3-9-7(6)5-10/h6-7,9H,1-5,8H2/t6-,7+/m0/s1. The maximum atomic E-state index is 5.69. The molecule has 0 spiro atoms. The van der Waals surface area contributed by atoms with Gasteiger partial charge in [0.15, 0.2) is 0 Å². The summed E-state index contributed by atoms with van der Waals surface area (Å²) >= 11 is 0. The average Bonchev–Trinajstić information content (AvgIpc) is 2.27. The minimum Gasteiger partial charge on any atom is -0.312 e. The molecule has 0 aromatic carbocycles. The van der Waals surface area contributed by atoms with Gasteiger partial charge in [0, 0.05) is 19.1 Å². The topological polar surface area (TPSA) is 41.3 Å². The molecule has 2 saturated heterocycles. The van der Waals surface area contributed by atoms with Crippen LogP contribution >= 0.6 is 0 Å². The number of rotatable bonds is 0. The second kappa shape index (κ2) is 2.49. The molecule has 3 N–H and O–H groups in total. The summed E-state index contributed by atoms with van der Waals surface area (Å²) in [7, 11) is 0. The van der Waals surface area contributed by atoms with Crippen molar-refractivity contribution in [3.8, 4) is 0 Å². The highest BCUT2D eigenvalue weighted by molar-refractivity contribution is 4.89. The molecule has 0 aliphatic carbocycles. The molecule has 58 valence electrons. The quantitative estimate of drug-likeness (QED) is 0.449.